The van der Waals surface area contributed by atoms with E-state index < -0.39 is 0 Å². The van der Waals surface area contributed by atoms with Crippen LogP contribution in [0.4, 0.5) is 0 Å². The molecule has 5 nitrogen and oxygen atoms in total. The minimum Gasteiger partial charge on any atom is -0.374 e. The first-order chi connectivity index (χ1) is 10.7. The van der Waals surface area contributed by atoms with Crippen molar-refractivity contribution in [3.05, 3.63) is 18.2 Å². The summed E-state index contributed by atoms with van der Waals surface area (Å²) < 4.78 is 7.94. The second-order valence-corrected chi connectivity index (χ2v) is 6.64. The highest BCUT2D eigenvalue weighted by molar-refractivity contribution is 5.76. The Kier molecular flexibility index (Phi) is 5.13. The smallest absolute Gasteiger partial charge is 0.223 e. The van der Waals surface area contributed by atoms with Gasteiger partial charge in [-0.1, -0.05) is 19.3 Å². The van der Waals surface area contributed by atoms with Gasteiger partial charge < -0.3 is 14.2 Å². The quantitative estimate of drug-likeness (QED) is 0.856. The van der Waals surface area contributed by atoms with E-state index in [4.69, 9.17) is 4.74 Å². The monoisotopic (exact) mass is 305 g/mol. The Morgan fingerprint density at radius 1 is 1.36 bits per heavy atom. The van der Waals surface area contributed by atoms with Crippen molar-refractivity contribution in [2.24, 2.45) is 13.0 Å². The highest BCUT2D eigenvalue weighted by Gasteiger charge is 2.30. The second-order valence-electron chi connectivity index (χ2n) is 6.64. The standard InChI is InChI=1S/C17H27N3O2/c1-19-13-18-11-15(19)7-8-17(21)20-9-10-22-16(12-20)14-5-3-2-4-6-14/h11,13-14,16H,2-10,12H2,1H3/t16-/m1/s1. The number of carbonyl (C=O) groups is 1. The van der Waals surface area contributed by atoms with Gasteiger partial charge in [-0.25, -0.2) is 4.98 Å². The van der Waals surface area contributed by atoms with Crippen molar-refractivity contribution in [1.29, 1.82) is 0 Å². The molecule has 1 saturated heterocycles. The largest absolute Gasteiger partial charge is 0.374 e. The van der Waals surface area contributed by atoms with Crippen molar-refractivity contribution in [2.75, 3.05) is 19.7 Å². The summed E-state index contributed by atoms with van der Waals surface area (Å²) in [5.74, 6) is 0.909. The number of rotatable bonds is 4. The highest BCUT2D eigenvalue weighted by Crippen LogP contribution is 2.29. The molecule has 0 bridgehead atoms. The topological polar surface area (TPSA) is 47.4 Å². The molecular formula is C17H27N3O2. The SMILES string of the molecule is Cn1cncc1CCC(=O)N1CCO[C@@H](C2CCCCC2)C1. The van der Waals surface area contributed by atoms with Gasteiger partial charge in [-0.2, -0.15) is 0 Å². The zero-order chi connectivity index (χ0) is 15.4. The van der Waals surface area contributed by atoms with Crippen LogP contribution in [-0.2, 0) is 23.0 Å². The lowest BCUT2D eigenvalue weighted by Gasteiger charge is -2.38. The predicted molar refractivity (Wildman–Crippen MR) is 84.4 cm³/mol. The normalized spacial score (nSPS) is 23.7. The number of amides is 1. The van der Waals surface area contributed by atoms with Crippen molar-refractivity contribution in [3.63, 3.8) is 0 Å². The van der Waals surface area contributed by atoms with Gasteiger partial charge in [0, 0.05) is 38.4 Å². The molecule has 0 aromatic carbocycles. The Morgan fingerprint density at radius 2 is 2.18 bits per heavy atom. The molecule has 1 aromatic heterocycles. The van der Waals surface area contributed by atoms with Crippen molar-refractivity contribution in [3.8, 4) is 0 Å². The van der Waals surface area contributed by atoms with Crippen molar-refractivity contribution in [1.82, 2.24) is 14.5 Å². The second kappa shape index (κ2) is 7.27. The Balaban J connectivity index is 1.50. The highest BCUT2D eigenvalue weighted by atomic mass is 16.5. The summed E-state index contributed by atoms with van der Waals surface area (Å²) in [5.41, 5.74) is 1.12. The van der Waals surface area contributed by atoms with Gasteiger partial charge >= 0.3 is 0 Å². The minimum absolute atomic E-state index is 0.255. The van der Waals surface area contributed by atoms with Crippen LogP contribution < -0.4 is 0 Å². The van der Waals surface area contributed by atoms with E-state index in [1.165, 1.54) is 32.1 Å². The van der Waals surface area contributed by atoms with Gasteiger partial charge in [-0.3, -0.25) is 4.79 Å². The van der Waals surface area contributed by atoms with Gasteiger partial charge in [0.15, 0.2) is 0 Å². The van der Waals surface area contributed by atoms with Gasteiger partial charge in [0.05, 0.1) is 19.0 Å². The molecule has 0 unspecified atom stereocenters. The van der Waals surface area contributed by atoms with Crippen molar-refractivity contribution < 1.29 is 9.53 Å². The maximum Gasteiger partial charge on any atom is 0.223 e. The number of hydrogen-bond donors (Lipinski definition) is 0. The molecule has 122 valence electrons. The third kappa shape index (κ3) is 3.69. The minimum atomic E-state index is 0.255. The fraction of sp³-hybridized carbons (Fsp3) is 0.765. The van der Waals surface area contributed by atoms with E-state index in [2.05, 4.69) is 4.98 Å². The zero-order valence-electron chi connectivity index (χ0n) is 13.5. The molecule has 1 aliphatic heterocycles. The van der Waals surface area contributed by atoms with E-state index in [1.807, 2.05) is 22.7 Å². The fourth-order valence-corrected chi connectivity index (χ4v) is 3.71. The number of ether oxygens (including phenoxy) is 1. The number of hydrogen-bond acceptors (Lipinski definition) is 3. The molecule has 1 atom stereocenters. The van der Waals surface area contributed by atoms with Crippen LogP contribution >= 0.6 is 0 Å². The first-order valence-electron chi connectivity index (χ1n) is 8.58. The first-order valence-corrected chi connectivity index (χ1v) is 8.58. The van der Waals surface area contributed by atoms with Crippen molar-refractivity contribution in [2.45, 2.75) is 51.0 Å². The predicted octanol–water partition coefficient (Wildman–Crippen LogP) is 2.16. The summed E-state index contributed by atoms with van der Waals surface area (Å²) in [4.78, 5) is 18.6. The zero-order valence-corrected chi connectivity index (χ0v) is 13.5. The summed E-state index contributed by atoms with van der Waals surface area (Å²) >= 11 is 0. The van der Waals surface area contributed by atoms with Gasteiger partial charge in [0.25, 0.3) is 0 Å². The number of carbonyl (C=O) groups excluding carboxylic acids is 1. The van der Waals surface area contributed by atoms with E-state index in [0.29, 0.717) is 18.9 Å². The Bertz CT molecular complexity index is 494. The number of aryl methyl sites for hydroxylation is 2. The molecule has 1 aliphatic carbocycles. The summed E-state index contributed by atoms with van der Waals surface area (Å²) in [7, 11) is 1.97. The van der Waals surface area contributed by atoms with E-state index in [1.54, 1.807) is 6.33 Å². The van der Waals surface area contributed by atoms with Crippen LogP contribution in [0.2, 0.25) is 0 Å². The Morgan fingerprint density at radius 3 is 2.91 bits per heavy atom. The summed E-state index contributed by atoms with van der Waals surface area (Å²) in [6.45, 7) is 2.22. The van der Waals surface area contributed by atoms with Crippen LogP contribution in [-0.4, -0.2) is 46.2 Å². The van der Waals surface area contributed by atoms with Gasteiger partial charge in [-0.05, 0) is 25.2 Å². The van der Waals surface area contributed by atoms with Crippen LogP contribution in [0.15, 0.2) is 12.5 Å². The van der Waals surface area contributed by atoms with Gasteiger partial charge in [0.2, 0.25) is 5.91 Å². The molecule has 2 aliphatic rings. The number of imidazole rings is 1. The fourth-order valence-electron chi connectivity index (χ4n) is 3.71. The van der Waals surface area contributed by atoms with Gasteiger partial charge in [-0.15, -0.1) is 0 Å². The summed E-state index contributed by atoms with van der Waals surface area (Å²) in [5, 5.41) is 0. The number of aromatic nitrogens is 2. The maximum absolute atomic E-state index is 12.5. The molecule has 3 rings (SSSR count). The van der Waals surface area contributed by atoms with Crippen LogP contribution in [0.3, 0.4) is 0 Å². The van der Waals surface area contributed by atoms with Crippen LogP contribution in [0.5, 0.6) is 0 Å². The molecule has 1 aromatic rings. The third-order valence-corrected chi connectivity index (χ3v) is 5.13. The molecule has 5 heteroatoms. The number of morpholine rings is 1. The summed E-state index contributed by atoms with van der Waals surface area (Å²) in [6, 6.07) is 0. The van der Waals surface area contributed by atoms with E-state index in [-0.39, 0.29) is 12.0 Å². The molecule has 1 amide bonds. The van der Waals surface area contributed by atoms with E-state index >= 15 is 0 Å². The molecule has 2 heterocycles. The average Bonchev–Trinajstić information content (AvgIpc) is 2.99. The molecule has 0 N–H and O–H groups in total. The van der Waals surface area contributed by atoms with Crippen LogP contribution in [0, 0.1) is 5.92 Å². The molecule has 1 saturated carbocycles. The van der Waals surface area contributed by atoms with Crippen molar-refractivity contribution >= 4 is 5.91 Å². The lowest BCUT2D eigenvalue weighted by Crippen LogP contribution is -2.48. The van der Waals surface area contributed by atoms with E-state index in [9.17, 15) is 4.79 Å². The third-order valence-electron chi connectivity index (χ3n) is 5.13. The molecule has 0 spiro atoms. The molecule has 0 radical (unpaired) electrons. The average molecular weight is 305 g/mol. The molecular weight excluding hydrogens is 278 g/mol. The van der Waals surface area contributed by atoms with E-state index in [0.717, 1.165) is 25.2 Å². The van der Waals surface area contributed by atoms with Gasteiger partial charge in [0.1, 0.15) is 0 Å². The maximum atomic E-state index is 12.5. The Labute approximate surface area is 132 Å². The Hall–Kier alpha value is -1.36. The summed E-state index contributed by atoms with van der Waals surface area (Å²) in [6.07, 6.45) is 11.7. The van der Waals surface area contributed by atoms with Crippen LogP contribution in [0.25, 0.3) is 0 Å². The molecule has 22 heavy (non-hydrogen) atoms. The number of nitrogens with zero attached hydrogens (tertiary/aromatic N) is 3. The lowest BCUT2D eigenvalue weighted by molar-refractivity contribution is -0.141. The van der Waals surface area contributed by atoms with Crippen LogP contribution in [0.1, 0.15) is 44.2 Å². The lowest BCUT2D eigenvalue weighted by atomic mass is 9.84. The first kappa shape index (κ1) is 15.5. The molecule has 2 fully saturated rings.